The van der Waals surface area contributed by atoms with Crippen LogP contribution in [0.3, 0.4) is 0 Å². The van der Waals surface area contributed by atoms with Crippen LogP contribution in [0.1, 0.15) is 40.2 Å². The highest BCUT2D eigenvalue weighted by Gasteiger charge is 2.27. The van der Waals surface area contributed by atoms with Gasteiger partial charge in [-0.05, 0) is 45.4 Å². The second kappa shape index (κ2) is 6.70. The molecule has 0 aliphatic carbocycles. The molecule has 0 radical (unpaired) electrons. The van der Waals surface area contributed by atoms with Gasteiger partial charge in [-0.15, -0.1) is 0 Å². The smallest absolute Gasteiger partial charge is 0.242 e. The average Bonchev–Trinajstić information content (AvgIpc) is 2.89. The van der Waals surface area contributed by atoms with E-state index in [9.17, 15) is 13.2 Å². The lowest BCUT2D eigenvalue weighted by Crippen LogP contribution is -2.34. The van der Waals surface area contributed by atoms with Crippen LogP contribution in [0.25, 0.3) is 10.9 Å². The number of carbonyl (C=O) groups excluding carboxylic acids is 1. The molecule has 0 saturated heterocycles. The molecule has 0 fully saturated rings. The minimum Gasteiger partial charge on any atom is -0.325 e. The Hall–Kier alpha value is -1.89. The van der Waals surface area contributed by atoms with Crippen molar-refractivity contribution >= 4 is 32.3 Å². The topological polar surface area (TPSA) is 81.1 Å². The number of nitrogens with zero attached hydrogens (tertiary/aromatic N) is 2. The highest BCUT2D eigenvalue weighted by molar-refractivity contribution is 7.92. The largest absolute Gasteiger partial charge is 0.325 e. The standard InChI is InChI=1S/C16H23N3O3S/c1-5-8-23(21,22)12(4)16(20)17-14-7-6-13-10-19(11(2)3)18-15(13)9-14/h6-7,9-12H,5,8H2,1-4H3,(H,17,20)/t12-/m1/s1. The number of sulfone groups is 1. The Morgan fingerprint density at radius 1 is 1.30 bits per heavy atom. The highest BCUT2D eigenvalue weighted by atomic mass is 32.2. The number of anilines is 1. The van der Waals surface area contributed by atoms with Crippen LogP contribution in [0.5, 0.6) is 0 Å². The van der Waals surface area contributed by atoms with Gasteiger partial charge in [0, 0.05) is 23.3 Å². The SMILES string of the molecule is CCCS(=O)(=O)[C@H](C)C(=O)Nc1ccc2cn(C(C)C)nc2c1. The molecule has 1 atom stereocenters. The third-order valence-electron chi connectivity index (χ3n) is 3.72. The van der Waals surface area contributed by atoms with Crippen LogP contribution >= 0.6 is 0 Å². The van der Waals surface area contributed by atoms with E-state index in [0.29, 0.717) is 12.1 Å². The fourth-order valence-electron chi connectivity index (χ4n) is 2.25. The van der Waals surface area contributed by atoms with Crippen molar-refractivity contribution in [2.24, 2.45) is 0 Å². The van der Waals surface area contributed by atoms with E-state index in [2.05, 4.69) is 10.4 Å². The molecule has 0 aliphatic heterocycles. The molecular formula is C16H23N3O3S. The number of fused-ring (bicyclic) bond motifs is 1. The Kier molecular flexibility index (Phi) is 5.09. The summed E-state index contributed by atoms with van der Waals surface area (Å²) in [5.74, 6) is -0.500. The van der Waals surface area contributed by atoms with Crippen molar-refractivity contribution in [2.75, 3.05) is 11.1 Å². The summed E-state index contributed by atoms with van der Waals surface area (Å²) in [6.07, 6.45) is 2.44. The summed E-state index contributed by atoms with van der Waals surface area (Å²) in [5, 5.41) is 7.03. The molecule has 0 unspecified atom stereocenters. The van der Waals surface area contributed by atoms with E-state index >= 15 is 0 Å². The fraction of sp³-hybridized carbons (Fsp3) is 0.500. The van der Waals surface area contributed by atoms with E-state index in [-0.39, 0.29) is 11.8 Å². The summed E-state index contributed by atoms with van der Waals surface area (Å²) in [7, 11) is -3.41. The van der Waals surface area contributed by atoms with Crippen molar-refractivity contribution in [2.45, 2.75) is 45.4 Å². The third kappa shape index (κ3) is 3.90. The molecule has 7 heteroatoms. The highest BCUT2D eigenvalue weighted by Crippen LogP contribution is 2.20. The third-order valence-corrected chi connectivity index (χ3v) is 5.99. The summed E-state index contributed by atoms with van der Waals surface area (Å²) in [6, 6.07) is 5.62. The molecule has 0 saturated carbocycles. The predicted molar refractivity (Wildman–Crippen MR) is 92.3 cm³/mol. The lowest BCUT2D eigenvalue weighted by atomic mass is 10.2. The molecule has 6 nitrogen and oxygen atoms in total. The van der Waals surface area contributed by atoms with Crippen molar-refractivity contribution < 1.29 is 13.2 Å². The zero-order valence-corrected chi connectivity index (χ0v) is 14.7. The summed E-state index contributed by atoms with van der Waals surface area (Å²) < 4.78 is 25.8. The van der Waals surface area contributed by atoms with Crippen molar-refractivity contribution in [3.63, 3.8) is 0 Å². The lowest BCUT2D eigenvalue weighted by Gasteiger charge is -2.12. The molecule has 0 aliphatic rings. The van der Waals surface area contributed by atoms with E-state index in [1.165, 1.54) is 6.92 Å². The molecule has 1 aromatic heterocycles. The first kappa shape index (κ1) is 17.5. The van der Waals surface area contributed by atoms with Crippen molar-refractivity contribution in [1.29, 1.82) is 0 Å². The summed E-state index contributed by atoms with van der Waals surface area (Å²) in [5.41, 5.74) is 1.32. The number of rotatable bonds is 6. The molecule has 1 aromatic carbocycles. The number of hydrogen-bond acceptors (Lipinski definition) is 4. The van der Waals surface area contributed by atoms with Gasteiger partial charge in [-0.2, -0.15) is 5.10 Å². The van der Waals surface area contributed by atoms with E-state index in [4.69, 9.17) is 0 Å². The van der Waals surface area contributed by atoms with E-state index in [1.807, 2.05) is 30.8 Å². The van der Waals surface area contributed by atoms with Gasteiger partial charge in [-0.1, -0.05) is 6.92 Å². The number of benzene rings is 1. The predicted octanol–water partition coefficient (Wildman–Crippen LogP) is 2.77. The first-order valence-electron chi connectivity index (χ1n) is 7.76. The summed E-state index contributed by atoms with van der Waals surface area (Å²) in [4.78, 5) is 12.2. The van der Waals surface area contributed by atoms with Crippen molar-refractivity contribution in [3.05, 3.63) is 24.4 Å². The molecule has 126 valence electrons. The second-order valence-corrected chi connectivity index (χ2v) is 8.42. The Balaban J connectivity index is 2.19. The molecule has 1 heterocycles. The number of amides is 1. The summed E-state index contributed by atoms with van der Waals surface area (Å²) in [6.45, 7) is 7.27. The number of hydrogen-bond donors (Lipinski definition) is 1. The van der Waals surface area contributed by atoms with Crippen LogP contribution in [0.2, 0.25) is 0 Å². The number of nitrogens with one attached hydrogen (secondary N) is 1. The maximum atomic E-state index is 12.2. The van der Waals surface area contributed by atoms with Crippen molar-refractivity contribution in [1.82, 2.24) is 9.78 Å². The van der Waals surface area contributed by atoms with E-state index < -0.39 is 21.0 Å². The van der Waals surface area contributed by atoms with Gasteiger partial charge in [-0.3, -0.25) is 9.48 Å². The van der Waals surface area contributed by atoms with Crippen LogP contribution < -0.4 is 5.32 Å². The normalized spacial score (nSPS) is 13.4. The van der Waals surface area contributed by atoms with Gasteiger partial charge in [0.05, 0.1) is 11.3 Å². The Bertz CT molecular complexity index is 809. The van der Waals surface area contributed by atoms with Gasteiger partial charge in [-0.25, -0.2) is 8.42 Å². The minimum absolute atomic E-state index is 0.0133. The quantitative estimate of drug-likeness (QED) is 0.879. The minimum atomic E-state index is -3.41. The summed E-state index contributed by atoms with van der Waals surface area (Å²) >= 11 is 0. The fourth-order valence-corrected chi connectivity index (χ4v) is 3.55. The zero-order chi connectivity index (χ0) is 17.2. The average molecular weight is 337 g/mol. The van der Waals surface area contributed by atoms with Gasteiger partial charge >= 0.3 is 0 Å². The first-order valence-corrected chi connectivity index (χ1v) is 9.47. The van der Waals surface area contributed by atoms with Gasteiger partial charge < -0.3 is 5.32 Å². The monoisotopic (exact) mass is 337 g/mol. The molecule has 2 rings (SSSR count). The Labute approximate surface area is 136 Å². The molecule has 0 spiro atoms. The molecule has 2 aromatic rings. The van der Waals surface area contributed by atoms with Crippen LogP contribution in [-0.2, 0) is 14.6 Å². The molecule has 1 amide bonds. The first-order chi connectivity index (χ1) is 10.7. The van der Waals surface area contributed by atoms with Gasteiger partial charge in [0.15, 0.2) is 9.84 Å². The van der Waals surface area contributed by atoms with Crippen molar-refractivity contribution in [3.8, 4) is 0 Å². The maximum Gasteiger partial charge on any atom is 0.242 e. The van der Waals surface area contributed by atoms with E-state index in [0.717, 1.165) is 10.9 Å². The second-order valence-electron chi connectivity index (χ2n) is 5.97. The maximum absolute atomic E-state index is 12.2. The lowest BCUT2D eigenvalue weighted by molar-refractivity contribution is -0.115. The van der Waals surface area contributed by atoms with E-state index in [1.54, 1.807) is 19.1 Å². The molecular weight excluding hydrogens is 314 g/mol. The number of carbonyl (C=O) groups is 1. The van der Waals surface area contributed by atoms with Gasteiger partial charge in [0.1, 0.15) is 5.25 Å². The molecule has 0 bridgehead atoms. The molecule has 1 N–H and O–H groups in total. The zero-order valence-electron chi connectivity index (χ0n) is 13.9. The van der Waals surface area contributed by atoms with Crippen LogP contribution in [0.4, 0.5) is 5.69 Å². The van der Waals surface area contributed by atoms with Crippen LogP contribution in [0.15, 0.2) is 24.4 Å². The van der Waals surface area contributed by atoms with Crippen LogP contribution in [-0.4, -0.2) is 35.1 Å². The van der Waals surface area contributed by atoms with Gasteiger partial charge in [0.2, 0.25) is 5.91 Å². The molecule has 23 heavy (non-hydrogen) atoms. The Morgan fingerprint density at radius 3 is 2.61 bits per heavy atom. The Morgan fingerprint density at radius 2 is 2.00 bits per heavy atom. The van der Waals surface area contributed by atoms with Crippen LogP contribution in [0, 0.1) is 0 Å². The van der Waals surface area contributed by atoms with Gasteiger partial charge in [0.25, 0.3) is 0 Å². The number of aromatic nitrogens is 2.